The van der Waals surface area contributed by atoms with Gasteiger partial charge in [-0.25, -0.2) is 9.97 Å². The smallest absolute Gasteiger partial charge is 0.211 e. The number of aromatic nitrogens is 4. The summed E-state index contributed by atoms with van der Waals surface area (Å²) in [5.74, 6) is 1.48. The van der Waals surface area contributed by atoms with Crippen LogP contribution in [0.15, 0.2) is 100 Å². The van der Waals surface area contributed by atoms with Crippen molar-refractivity contribution >= 4 is 33.0 Å². The van der Waals surface area contributed by atoms with E-state index in [4.69, 9.17) is 14.4 Å². The number of hydrogen-bond acceptors (Lipinski definition) is 4. The Kier molecular flexibility index (Phi) is 5.86. The number of imidazole rings is 1. The molecule has 0 amide bonds. The highest BCUT2D eigenvalue weighted by Crippen LogP contribution is 2.38. The van der Waals surface area contributed by atoms with Crippen LogP contribution < -0.4 is 5.43 Å². The van der Waals surface area contributed by atoms with Gasteiger partial charge in [0.1, 0.15) is 22.4 Å². The quantitative estimate of drug-likeness (QED) is 0.238. The minimum Gasteiger partial charge on any atom is -0.438 e. The van der Waals surface area contributed by atoms with Crippen molar-refractivity contribution < 1.29 is 4.42 Å². The molecule has 7 rings (SSSR count). The molecule has 4 heterocycles. The predicted molar refractivity (Wildman–Crippen MR) is 166 cm³/mol. The van der Waals surface area contributed by atoms with Crippen LogP contribution in [-0.2, 0) is 0 Å². The van der Waals surface area contributed by atoms with Crippen LogP contribution in [0.4, 0.5) is 0 Å². The van der Waals surface area contributed by atoms with Gasteiger partial charge in [0.2, 0.25) is 5.71 Å². The average molecular weight is 539 g/mol. The van der Waals surface area contributed by atoms with Gasteiger partial charge in [0.25, 0.3) is 0 Å². The maximum Gasteiger partial charge on any atom is 0.211 e. The van der Waals surface area contributed by atoms with E-state index in [2.05, 4.69) is 104 Å². The molecule has 0 unspecified atom stereocenters. The summed E-state index contributed by atoms with van der Waals surface area (Å²) in [5, 5.41) is 2.74. The fraction of sp³-hybridized carbons (Fsp3) is 0.171. The molecule has 0 aliphatic carbocycles. The van der Waals surface area contributed by atoms with Gasteiger partial charge in [-0.05, 0) is 45.9 Å². The van der Waals surface area contributed by atoms with Crippen LogP contribution >= 0.6 is 0 Å². The van der Waals surface area contributed by atoms with Gasteiger partial charge in [-0.15, -0.1) is 0 Å². The van der Waals surface area contributed by atoms with Crippen molar-refractivity contribution in [3.63, 3.8) is 0 Å². The number of pyridine rings is 2. The molecule has 3 aromatic carbocycles. The van der Waals surface area contributed by atoms with E-state index in [1.807, 2.05) is 12.1 Å². The zero-order valence-electron chi connectivity index (χ0n) is 23.5. The Hall–Kier alpha value is -4.97. The first kappa shape index (κ1) is 25.0. The van der Waals surface area contributed by atoms with Gasteiger partial charge in [0, 0.05) is 24.0 Å². The summed E-state index contributed by atoms with van der Waals surface area (Å²) in [6.45, 7) is 8.93. The number of aromatic amines is 1. The van der Waals surface area contributed by atoms with E-state index in [1.165, 1.54) is 17.2 Å². The molecule has 0 saturated heterocycles. The molecule has 6 nitrogen and oxygen atoms in total. The molecular weight excluding hydrogens is 508 g/mol. The lowest BCUT2D eigenvalue weighted by atomic mass is 9.92. The SMILES string of the molecule is CC(C)c1cccc(C(C)C)c1-n1cc(-c2ccc3oc4[nH]ccc(=O)c4c3n2)nc1-c1cccc2ccccc12. The zero-order chi connectivity index (χ0) is 28.2. The summed E-state index contributed by atoms with van der Waals surface area (Å²) in [4.78, 5) is 25.9. The van der Waals surface area contributed by atoms with E-state index in [-0.39, 0.29) is 5.43 Å². The molecule has 0 bridgehead atoms. The van der Waals surface area contributed by atoms with E-state index in [0.717, 1.165) is 33.5 Å². The number of nitrogens with one attached hydrogen (secondary N) is 1. The molecule has 0 radical (unpaired) electrons. The highest BCUT2D eigenvalue weighted by Gasteiger charge is 2.23. The molecule has 0 aliphatic rings. The number of fused-ring (bicyclic) bond motifs is 4. The summed E-state index contributed by atoms with van der Waals surface area (Å²) in [7, 11) is 0. The van der Waals surface area contributed by atoms with Crippen LogP contribution in [-0.4, -0.2) is 19.5 Å². The van der Waals surface area contributed by atoms with Crippen LogP contribution in [0.2, 0.25) is 0 Å². The molecule has 0 atom stereocenters. The summed E-state index contributed by atoms with van der Waals surface area (Å²) in [6.07, 6.45) is 3.68. The molecule has 4 aromatic heterocycles. The maximum atomic E-state index is 12.7. The van der Waals surface area contributed by atoms with Crippen LogP contribution in [0.3, 0.4) is 0 Å². The van der Waals surface area contributed by atoms with Crippen LogP contribution in [0, 0.1) is 0 Å². The Labute approximate surface area is 237 Å². The molecule has 0 aliphatic heterocycles. The Morgan fingerprint density at radius 3 is 2.29 bits per heavy atom. The third kappa shape index (κ3) is 4.06. The fourth-order valence-corrected chi connectivity index (χ4v) is 5.80. The Morgan fingerprint density at radius 2 is 1.51 bits per heavy atom. The minimum atomic E-state index is -0.128. The van der Waals surface area contributed by atoms with Gasteiger partial charge in [-0.3, -0.25) is 9.36 Å². The average Bonchev–Trinajstić information content (AvgIpc) is 3.58. The van der Waals surface area contributed by atoms with Gasteiger partial charge in [-0.2, -0.15) is 0 Å². The normalized spacial score (nSPS) is 12.0. The predicted octanol–water partition coefficient (Wildman–Crippen LogP) is 8.59. The maximum absolute atomic E-state index is 12.7. The number of rotatable bonds is 5. The number of H-pyrrole nitrogens is 1. The van der Waals surface area contributed by atoms with Crippen molar-refractivity contribution in [2.45, 2.75) is 39.5 Å². The van der Waals surface area contributed by atoms with Gasteiger partial charge in [0.05, 0.1) is 11.4 Å². The second-order valence-corrected chi connectivity index (χ2v) is 11.1. The summed E-state index contributed by atoms with van der Waals surface area (Å²) in [6, 6.07) is 26.6. The van der Waals surface area contributed by atoms with Gasteiger partial charge >= 0.3 is 0 Å². The summed E-state index contributed by atoms with van der Waals surface area (Å²) >= 11 is 0. The van der Waals surface area contributed by atoms with Crippen LogP contribution in [0.5, 0.6) is 0 Å². The largest absolute Gasteiger partial charge is 0.438 e. The monoisotopic (exact) mass is 538 g/mol. The molecule has 0 saturated carbocycles. The Balaban J connectivity index is 1.55. The van der Waals surface area contributed by atoms with Crippen LogP contribution in [0.1, 0.15) is 50.7 Å². The number of furan rings is 1. The fourth-order valence-electron chi connectivity index (χ4n) is 5.80. The third-order valence-electron chi connectivity index (χ3n) is 7.81. The third-order valence-corrected chi connectivity index (χ3v) is 7.81. The standard InChI is InChI=1S/C35H30N4O2/c1-20(2)23-12-8-13-24(21(3)4)33(23)39-19-28(38-34(39)26-14-7-10-22-9-5-6-11-25(22)26)27-15-16-30-32(37-27)31-29(40)17-18-36-35(31)41-30/h5-21H,1-4H3,(H,36,40). The molecule has 1 N–H and O–H groups in total. The van der Waals surface area contributed by atoms with Gasteiger partial charge in [0.15, 0.2) is 11.0 Å². The van der Waals surface area contributed by atoms with E-state index < -0.39 is 0 Å². The van der Waals surface area contributed by atoms with Crippen molar-refractivity contribution in [3.8, 4) is 28.5 Å². The lowest BCUT2D eigenvalue weighted by molar-refractivity contribution is 0.653. The Bertz CT molecular complexity index is 2110. The summed E-state index contributed by atoms with van der Waals surface area (Å²) in [5.41, 5.74) is 7.52. The van der Waals surface area contributed by atoms with Crippen molar-refractivity contribution in [1.82, 2.24) is 19.5 Å². The number of para-hydroxylation sites is 1. The lowest BCUT2D eigenvalue weighted by Crippen LogP contribution is -2.08. The zero-order valence-corrected chi connectivity index (χ0v) is 23.5. The molecule has 0 spiro atoms. The second kappa shape index (κ2) is 9.59. The van der Waals surface area contributed by atoms with Crippen molar-refractivity contribution in [3.05, 3.63) is 113 Å². The van der Waals surface area contributed by atoms with E-state index in [0.29, 0.717) is 39.7 Å². The van der Waals surface area contributed by atoms with Crippen molar-refractivity contribution in [2.75, 3.05) is 0 Å². The van der Waals surface area contributed by atoms with E-state index in [9.17, 15) is 4.79 Å². The highest BCUT2D eigenvalue weighted by atomic mass is 16.3. The molecule has 202 valence electrons. The first-order valence-electron chi connectivity index (χ1n) is 14.0. The van der Waals surface area contributed by atoms with Crippen LogP contribution in [0.25, 0.3) is 61.4 Å². The van der Waals surface area contributed by atoms with E-state index >= 15 is 0 Å². The first-order chi connectivity index (χ1) is 19.9. The minimum absolute atomic E-state index is 0.128. The summed E-state index contributed by atoms with van der Waals surface area (Å²) < 4.78 is 8.12. The molecule has 7 aromatic rings. The molecule has 41 heavy (non-hydrogen) atoms. The number of hydrogen-bond donors (Lipinski definition) is 1. The van der Waals surface area contributed by atoms with Crippen molar-refractivity contribution in [2.24, 2.45) is 0 Å². The van der Waals surface area contributed by atoms with Crippen molar-refractivity contribution in [1.29, 1.82) is 0 Å². The second-order valence-electron chi connectivity index (χ2n) is 11.1. The van der Waals surface area contributed by atoms with Gasteiger partial charge in [-0.1, -0.05) is 88.4 Å². The first-order valence-corrected chi connectivity index (χ1v) is 14.0. The van der Waals surface area contributed by atoms with Gasteiger partial charge < -0.3 is 9.40 Å². The topological polar surface area (TPSA) is 76.7 Å². The molecule has 0 fully saturated rings. The highest BCUT2D eigenvalue weighted by molar-refractivity contribution is 6.01. The lowest BCUT2D eigenvalue weighted by Gasteiger charge is -2.22. The number of nitrogens with zero attached hydrogens (tertiary/aromatic N) is 3. The Morgan fingerprint density at radius 1 is 0.780 bits per heavy atom. The molecule has 6 heteroatoms. The van der Waals surface area contributed by atoms with E-state index in [1.54, 1.807) is 6.20 Å². The molecular formula is C35H30N4O2. The number of benzene rings is 3.